The molecule has 100 valence electrons. The van der Waals surface area contributed by atoms with E-state index in [2.05, 4.69) is 30.2 Å². The molecule has 0 bridgehead atoms. The summed E-state index contributed by atoms with van der Waals surface area (Å²) in [6.45, 7) is 6.50. The predicted molar refractivity (Wildman–Crippen MR) is 78.9 cm³/mol. The minimum Gasteiger partial charge on any atom is -0.347 e. The van der Waals surface area contributed by atoms with Crippen LogP contribution in [0.15, 0.2) is 18.3 Å². The summed E-state index contributed by atoms with van der Waals surface area (Å²) >= 11 is 7.73. The SMILES string of the molecule is Cc1cc(Cl)c(C(=O)NCc2cc(C)c(C)s2)cn1. The first-order valence-corrected chi connectivity index (χ1v) is 7.13. The van der Waals surface area contributed by atoms with E-state index in [-0.39, 0.29) is 5.91 Å². The van der Waals surface area contributed by atoms with Gasteiger partial charge in [-0.15, -0.1) is 11.3 Å². The molecule has 19 heavy (non-hydrogen) atoms. The number of aryl methyl sites for hydroxylation is 3. The minimum absolute atomic E-state index is 0.193. The summed E-state index contributed by atoms with van der Waals surface area (Å²) in [5.41, 5.74) is 2.47. The Bertz CT molecular complexity index is 602. The van der Waals surface area contributed by atoms with Crippen LogP contribution in [0.5, 0.6) is 0 Å². The molecule has 0 radical (unpaired) electrons. The zero-order valence-corrected chi connectivity index (χ0v) is 12.7. The number of thiophene rings is 1. The molecule has 0 atom stereocenters. The molecule has 0 unspecified atom stereocenters. The number of nitrogens with one attached hydrogen (secondary N) is 1. The van der Waals surface area contributed by atoms with Crippen LogP contribution < -0.4 is 5.32 Å². The smallest absolute Gasteiger partial charge is 0.254 e. The lowest BCUT2D eigenvalue weighted by Gasteiger charge is -2.05. The van der Waals surface area contributed by atoms with Crippen molar-refractivity contribution in [1.82, 2.24) is 10.3 Å². The summed E-state index contributed by atoms with van der Waals surface area (Å²) in [6.07, 6.45) is 1.51. The largest absolute Gasteiger partial charge is 0.347 e. The number of nitrogens with zero attached hydrogens (tertiary/aromatic N) is 1. The van der Waals surface area contributed by atoms with Gasteiger partial charge in [-0.1, -0.05) is 11.6 Å². The molecule has 0 aliphatic heterocycles. The first-order chi connectivity index (χ1) is 8.97. The van der Waals surface area contributed by atoms with Crippen molar-refractivity contribution in [2.45, 2.75) is 27.3 Å². The molecular weight excluding hydrogens is 280 g/mol. The molecule has 0 aliphatic rings. The van der Waals surface area contributed by atoms with E-state index in [4.69, 9.17) is 11.6 Å². The van der Waals surface area contributed by atoms with Crippen LogP contribution in [0.25, 0.3) is 0 Å². The van der Waals surface area contributed by atoms with Crippen LogP contribution in [0.3, 0.4) is 0 Å². The highest BCUT2D eigenvalue weighted by atomic mass is 35.5. The number of amides is 1. The van der Waals surface area contributed by atoms with Crippen LogP contribution in [0.1, 0.15) is 31.4 Å². The Morgan fingerprint density at radius 2 is 2.11 bits per heavy atom. The summed E-state index contributed by atoms with van der Waals surface area (Å²) in [7, 11) is 0. The molecule has 0 aromatic carbocycles. The van der Waals surface area contributed by atoms with Gasteiger partial charge in [0.25, 0.3) is 5.91 Å². The number of carbonyl (C=O) groups is 1. The average Bonchev–Trinajstić information content (AvgIpc) is 2.66. The van der Waals surface area contributed by atoms with Gasteiger partial charge in [-0.25, -0.2) is 0 Å². The van der Waals surface area contributed by atoms with Gasteiger partial charge >= 0.3 is 0 Å². The molecule has 0 fully saturated rings. The maximum atomic E-state index is 12.0. The molecule has 1 amide bonds. The second-order valence-corrected chi connectivity index (χ2v) is 6.19. The minimum atomic E-state index is -0.193. The lowest BCUT2D eigenvalue weighted by molar-refractivity contribution is 0.0951. The number of pyridine rings is 1. The van der Waals surface area contributed by atoms with Crippen molar-refractivity contribution in [3.05, 3.63) is 49.9 Å². The maximum absolute atomic E-state index is 12.0. The molecule has 0 saturated carbocycles. The number of aromatic nitrogens is 1. The third kappa shape index (κ3) is 3.33. The number of rotatable bonds is 3. The first kappa shape index (κ1) is 14.0. The van der Waals surface area contributed by atoms with Gasteiger partial charge in [0.05, 0.1) is 17.1 Å². The molecule has 2 aromatic rings. The van der Waals surface area contributed by atoms with E-state index in [1.807, 2.05) is 6.92 Å². The maximum Gasteiger partial charge on any atom is 0.254 e. The summed E-state index contributed by atoms with van der Waals surface area (Å²) in [5.74, 6) is -0.193. The van der Waals surface area contributed by atoms with Gasteiger partial charge in [-0.3, -0.25) is 9.78 Å². The van der Waals surface area contributed by atoms with Crippen LogP contribution in [0.2, 0.25) is 5.02 Å². The van der Waals surface area contributed by atoms with E-state index < -0.39 is 0 Å². The topological polar surface area (TPSA) is 42.0 Å². The molecule has 2 rings (SSSR count). The lowest BCUT2D eigenvalue weighted by Crippen LogP contribution is -2.22. The second-order valence-electron chi connectivity index (χ2n) is 4.44. The first-order valence-electron chi connectivity index (χ1n) is 5.93. The Morgan fingerprint density at radius 1 is 1.37 bits per heavy atom. The molecule has 5 heteroatoms. The Labute approximate surface area is 121 Å². The van der Waals surface area contributed by atoms with Crippen LogP contribution >= 0.6 is 22.9 Å². The van der Waals surface area contributed by atoms with Crippen molar-refractivity contribution in [3.63, 3.8) is 0 Å². The highest BCUT2D eigenvalue weighted by Crippen LogP contribution is 2.21. The fourth-order valence-corrected chi connectivity index (χ4v) is 2.98. The van der Waals surface area contributed by atoms with Gasteiger partial charge in [0.15, 0.2) is 0 Å². The van der Waals surface area contributed by atoms with Crippen LogP contribution in [-0.2, 0) is 6.54 Å². The quantitative estimate of drug-likeness (QED) is 0.939. The summed E-state index contributed by atoms with van der Waals surface area (Å²) in [4.78, 5) is 18.5. The van der Waals surface area contributed by atoms with E-state index in [1.54, 1.807) is 17.4 Å². The molecular formula is C14H15ClN2OS. The predicted octanol–water partition coefficient (Wildman–Crippen LogP) is 3.65. The Kier molecular flexibility index (Phi) is 4.22. The number of hydrogen-bond donors (Lipinski definition) is 1. The summed E-state index contributed by atoms with van der Waals surface area (Å²) in [6, 6.07) is 3.78. The second kappa shape index (κ2) is 5.72. The number of hydrogen-bond acceptors (Lipinski definition) is 3. The highest BCUT2D eigenvalue weighted by Gasteiger charge is 2.11. The highest BCUT2D eigenvalue weighted by molar-refractivity contribution is 7.12. The fourth-order valence-electron chi connectivity index (χ4n) is 1.69. The van der Waals surface area contributed by atoms with Crippen LogP contribution in [0, 0.1) is 20.8 Å². The normalized spacial score (nSPS) is 10.5. The van der Waals surface area contributed by atoms with Crippen LogP contribution in [0.4, 0.5) is 0 Å². The summed E-state index contributed by atoms with van der Waals surface area (Å²) in [5, 5.41) is 3.30. The molecule has 0 spiro atoms. The summed E-state index contributed by atoms with van der Waals surface area (Å²) < 4.78 is 0. The third-order valence-corrected chi connectivity index (χ3v) is 4.34. The lowest BCUT2D eigenvalue weighted by atomic mass is 10.2. The standard InChI is InChI=1S/C14H15ClN2OS/c1-8-4-11(19-10(8)3)6-17-14(18)12-7-16-9(2)5-13(12)15/h4-5,7H,6H2,1-3H3,(H,17,18). The van der Waals surface area contributed by atoms with Crippen molar-refractivity contribution in [3.8, 4) is 0 Å². The van der Waals surface area contributed by atoms with Gasteiger partial charge in [0, 0.05) is 21.6 Å². The van der Waals surface area contributed by atoms with Crippen molar-refractivity contribution >= 4 is 28.8 Å². The van der Waals surface area contributed by atoms with Crippen molar-refractivity contribution in [2.24, 2.45) is 0 Å². The van der Waals surface area contributed by atoms with Crippen molar-refractivity contribution < 1.29 is 4.79 Å². The molecule has 0 aliphatic carbocycles. The van der Waals surface area contributed by atoms with Gasteiger partial charge in [-0.05, 0) is 38.5 Å². The van der Waals surface area contributed by atoms with Crippen molar-refractivity contribution in [2.75, 3.05) is 0 Å². The van der Waals surface area contributed by atoms with Gasteiger partial charge in [0.2, 0.25) is 0 Å². The monoisotopic (exact) mass is 294 g/mol. The molecule has 0 saturated heterocycles. The Hall–Kier alpha value is -1.39. The van der Waals surface area contributed by atoms with E-state index >= 15 is 0 Å². The molecule has 1 N–H and O–H groups in total. The third-order valence-electron chi connectivity index (χ3n) is 2.88. The van der Waals surface area contributed by atoms with E-state index in [0.29, 0.717) is 17.1 Å². The Balaban J connectivity index is 2.05. The fraction of sp³-hybridized carbons (Fsp3) is 0.286. The van der Waals surface area contributed by atoms with Crippen LogP contribution in [-0.4, -0.2) is 10.9 Å². The van der Waals surface area contributed by atoms with Gasteiger partial charge in [-0.2, -0.15) is 0 Å². The average molecular weight is 295 g/mol. The van der Waals surface area contributed by atoms with Gasteiger partial charge < -0.3 is 5.32 Å². The molecule has 3 nitrogen and oxygen atoms in total. The van der Waals surface area contributed by atoms with E-state index in [1.165, 1.54) is 16.6 Å². The number of carbonyl (C=O) groups excluding carboxylic acids is 1. The van der Waals surface area contributed by atoms with E-state index in [0.717, 1.165) is 10.6 Å². The Morgan fingerprint density at radius 3 is 2.68 bits per heavy atom. The zero-order chi connectivity index (χ0) is 14.0. The molecule has 2 heterocycles. The van der Waals surface area contributed by atoms with E-state index in [9.17, 15) is 4.79 Å². The zero-order valence-electron chi connectivity index (χ0n) is 11.1. The number of halogens is 1. The molecule has 2 aromatic heterocycles. The van der Waals surface area contributed by atoms with Gasteiger partial charge in [0.1, 0.15) is 0 Å². The van der Waals surface area contributed by atoms with Crippen molar-refractivity contribution in [1.29, 1.82) is 0 Å².